The molecule has 0 radical (unpaired) electrons. The van der Waals surface area contributed by atoms with Crippen molar-refractivity contribution in [3.8, 4) is 6.07 Å². The highest BCUT2D eigenvalue weighted by Crippen LogP contribution is 2.20. The van der Waals surface area contributed by atoms with E-state index in [0.29, 0.717) is 29.2 Å². The van der Waals surface area contributed by atoms with Gasteiger partial charge in [-0.1, -0.05) is 25.4 Å². The van der Waals surface area contributed by atoms with Crippen LogP contribution in [0.15, 0.2) is 18.2 Å². The van der Waals surface area contributed by atoms with Gasteiger partial charge in [0.1, 0.15) is 6.07 Å². The number of carbonyl (C=O) groups excluding carboxylic acids is 1. The predicted octanol–water partition coefficient (Wildman–Crippen LogP) is 2.74. The van der Waals surface area contributed by atoms with Crippen LogP contribution in [0.5, 0.6) is 0 Å². The molecule has 0 aliphatic heterocycles. The van der Waals surface area contributed by atoms with Crippen LogP contribution in [0.3, 0.4) is 0 Å². The Kier molecular flexibility index (Phi) is 5.81. The molecule has 6 heteroatoms. The maximum absolute atomic E-state index is 11.7. The molecule has 3 N–H and O–H groups in total. The number of nitrogens with zero attached hydrogens (tertiary/aromatic N) is 1. The van der Waals surface area contributed by atoms with Crippen LogP contribution in [-0.2, 0) is 0 Å². The molecule has 2 amide bonds. The zero-order chi connectivity index (χ0) is 15.2. The number of aliphatic hydroxyl groups is 1. The summed E-state index contributed by atoms with van der Waals surface area (Å²) in [6.45, 7) is 4.45. The summed E-state index contributed by atoms with van der Waals surface area (Å²) in [5.74, 6) is 0. The van der Waals surface area contributed by atoms with Crippen molar-refractivity contribution in [2.75, 3.05) is 18.5 Å². The molecule has 0 fully saturated rings. The zero-order valence-electron chi connectivity index (χ0n) is 11.5. The average Bonchev–Trinajstić information content (AvgIpc) is 2.37. The fraction of sp³-hybridized carbons (Fsp3) is 0.429. The van der Waals surface area contributed by atoms with Gasteiger partial charge in [-0.25, -0.2) is 4.79 Å². The number of hydrogen-bond acceptors (Lipinski definition) is 3. The molecule has 108 valence electrons. The van der Waals surface area contributed by atoms with Gasteiger partial charge in [0, 0.05) is 18.8 Å². The molecule has 0 bridgehead atoms. The van der Waals surface area contributed by atoms with E-state index in [9.17, 15) is 4.79 Å². The van der Waals surface area contributed by atoms with Crippen molar-refractivity contribution in [2.45, 2.75) is 20.3 Å². The summed E-state index contributed by atoms with van der Waals surface area (Å²) < 4.78 is 0. The third-order valence-corrected chi connectivity index (χ3v) is 3.18. The van der Waals surface area contributed by atoms with E-state index >= 15 is 0 Å². The van der Waals surface area contributed by atoms with Gasteiger partial charge in [-0.15, -0.1) is 0 Å². The number of rotatable bonds is 5. The second-order valence-corrected chi connectivity index (χ2v) is 5.66. The van der Waals surface area contributed by atoms with Gasteiger partial charge in [-0.2, -0.15) is 5.26 Å². The number of aliphatic hydroxyl groups excluding tert-OH is 1. The minimum Gasteiger partial charge on any atom is -0.396 e. The molecule has 0 spiro atoms. The third-order valence-electron chi connectivity index (χ3n) is 2.86. The molecule has 1 aromatic rings. The predicted molar refractivity (Wildman–Crippen MR) is 78.7 cm³/mol. The highest BCUT2D eigenvalue weighted by atomic mass is 35.5. The van der Waals surface area contributed by atoms with Crippen molar-refractivity contribution in [3.63, 3.8) is 0 Å². The summed E-state index contributed by atoms with van der Waals surface area (Å²) in [5.41, 5.74) is 0.710. The lowest BCUT2D eigenvalue weighted by Gasteiger charge is -2.23. The number of hydrogen-bond donors (Lipinski definition) is 3. The van der Waals surface area contributed by atoms with E-state index in [1.165, 1.54) is 6.07 Å². The highest BCUT2D eigenvalue weighted by Gasteiger charge is 2.18. The Balaban J connectivity index is 2.55. The molecule has 0 saturated carbocycles. The minimum atomic E-state index is -0.350. The van der Waals surface area contributed by atoms with Gasteiger partial charge in [0.05, 0.1) is 10.6 Å². The molecule has 0 aliphatic rings. The van der Waals surface area contributed by atoms with Crippen LogP contribution in [0.4, 0.5) is 10.5 Å². The lowest BCUT2D eigenvalue weighted by molar-refractivity contribution is 0.204. The molecule has 0 heterocycles. The summed E-state index contributed by atoms with van der Waals surface area (Å²) in [6.07, 6.45) is 0.607. The van der Waals surface area contributed by atoms with E-state index in [1.807, 2.05) is 19.9 Å². The monoisotopic (exact) mass is 295 g/mol. The maximum atomic E-state index is 11.7. The van der Waals surface area contributed by atoms with Crippen LogP contribution in [0.2, 0.25) is 5.02 Å². The molecule has 0 atom stereocenters. The summed E-state index contributed by atoms with van der Waals surface area (Å²) in [7, 11) is 0. The minimum absolute atomic E-state index is 0.0849. The first kappa shape index (κ1) is 16.3. The fourth-order valence-electron chi connectivity index (χ4n) is 1.57. The van der Waals surface area contributed by atoms with Crippen molar-refractivity contribution in [2.24, 2.45) is 5.41 Å². The first-order valence-electron chi connectivity index (χ1n) is 6.23. The summed E-state index contributed by atoms with van der Waals surface area (Å²) in [5, 5.41) is 23.3. The lowest BCUT2D eigenvalue weighted by Crippen LogP contribution is -2.37. The number of halogens is 1. The molecular formula is C14H18ClN3O2. The van der Waals surface area contributed by atoms with Crippen molar-refractivity contribution in [1.29, 1.82) is 5.26 Å². The molecule has 0 unspecified atom stereocenters. The Morgan fingerprint density at radius 3 is 2.75 bits per heavy atom. The second kappa shape index (κ2) is 7.13. The SMILES string of the molecule is CC(C)(CCO)CNC(=O)Nc1ccc(C#N)c(Cl)c1. The van der Waals surface area contributed by atoms with Crippen molar-refractivity contribution < 1.29 is 9.90 Å². The quantitative estimate of drug-likeness (QED) is 0.781. The van der Waals surface area contributed by atoms with E-state index in [-0.39, 0.29) is 18.1 Å². The zero-order valence-corrected chi connectivity index (χ0v) is 12.3. The molecular weight excluding hydrogens is 278 g/mol. The van der Waals surface area contributed by atoms with E-state index < -0.39 is 0 Å². The van der Waals surface area contributed by atoms with E-state index in [4.69, 9.17) is 22.0 Å². The normalized spacial score (nSPS) is 10.8. The Morgan fingerprint density at radius 2 is 2.20 bits per heavy atom. The number of urea groups is 1. The van der Waals surface area contributed by atoms with Crippen LogP contribution < -0.4 is 10.6 Å². The number of anilines is 1. The molecule has 1 aromatic carbocycles. The van der Waals surface area contributed by atoms with Gasteiger partial charge in [0.15, 0.2) is 0 Å². The largest absolute Gasteiger partial charge is 0.396 e. The van der Waals surface area contributed by atoms with Crippen LogP contribution in [0, 0.1) is 16.7 Å². The van der Waals surface area contributed by atoms with Crippen molar-refractivity contribution in [3.05, 3.63) is 28.8 Å². The molecule has 20 heavy (non-hydrogen) atoms. The third kappa shape index (κ3) is 5.08. The molecule has 0 aromatic heterocycles. The highest BCUT2D eigenvalue weighted by molar-refractivity contribution is 6.32. The molecule has 5 nitrogen and oxygen atoms in total. The van der Waals surface area contributed by atoms with E-state index in [0.717, 1.165) is 0 Å². The lowest BCUT2D eigenvalue weighted by atomic mass is 9.90. The van der Waals surface area contributed by atoms with Crippen LogP contribution in [0.25, 0.3) is 0 Å². The van der Waals surface area contributed by atoms with Crippen LogP contribution in [0.1, 0.15) is 25.8 Å². The summed E-state index contributed by atoms with van der Waals surface area (Å²) in [4.78, 5) is 11.7. The van der Waals surface area contributed by atoms with E-state index in [2.05, 4.69) is 10.6 Å². The Labute approximate surface area is 123 Å². The van der Waals surface area contributed by atoms with Gasteiger partial charge in [0.2, 0.25) is 0 Å². The van der Waals surface area contributed by atoms with Gasteiger partial charge < -0.3 is 15.7 Å². The Hall–Kier alpha value is -1.77. The van der Waals surface area contributed by atoms with Crippen LogP contribution >= 0.6 is 11.6 Å². The van der Waals surface area contributed by atoms with Crippen molar-refractivity contribution >= 4 is 23.3 Å². The number of benzene rings is 1. The summed E-state index contributed by atoms with van der Waals surface area (Å²) >= 11 is 5.88. The maximum Gasteiger partial charge on any atom is 0.319 e. The number of carbonyl (C=O) groups is 1. The smallest absolute Gasteiger partial charge is 0.319 e. The first-order valence-corrected chi connectivity index (χ1v) is 6.61. The Bertz CT molecular complexity index is 524. The van der Waals surface area contributed by atoms with Gasteiger partial charge in [-0.05, 0) is 30.0 Å². The first-order chi connectivity index (χ1) is 9.38. The van der Waals surface area contributed by atoms with E-state index in [1.54, 1.807) is 12.1 Å². The van der Waals surface area contributed by atoms with Gasteiger partial charge in [-0.3, -0.25) is 0 Å². The van der Waals surface area contributed by atoms with Gasteiger partial charge in [0.25, 0.3) is 0 Å². The van der Waals surface area contributed by atoms with Crippen molar-refractivity contribution in [1.82, 2.24) is 5.32 Å². The van der Waals surface area contributed by atoms with Crippen LogP contribution in [-0.4, -0.2) is 24.3 Å². The summed E-state index contributed by atoms with van der Waals surface area (Å²) in [6, 6.07) is 6.29. The number of nitriles is 1. The second-order valence-electron chi connectivity index (χ2n) is 5.25. The standard InChI is InChI=1S/C14H18ClN3O2/c1-14(2,5-6-19)9-17-13(20)18-11-4-3-10(8-16)12(15)7-11/h3-4,7,19H,5-6,9H2,1-2H3,(H2,17,18,20). The Morgan fingerprint density at radius 1 is 1.50 bits per heavy atom. The molecule has 1 rings (SSSR count). The average molecular weight is 296 g/mol. The molecule has 0 aliphatic carbocycles. The van der Waals surface area contributed by atoms with Gasteiger partial charge >= 0.3 is 6.03 Å². The fourth-order valence-corrected chi connectivity index (χ4v) is 1.79. The topological polar surface area (TPSA) is 85.2 Å². The number of amides is 2. The molecule has 0 saturated heterocycles. The number of nitrogens with one attached hydrogen (secondary N) is 2.